The van der Waals surface area contributed by atoms with Gasteiger partial charge in [-0.05, 0) is 132 Å². The highest BCUT2D eigenvalue weighted by atomic mass is 14.4. The number of hydrogen-bond acceptors (Lipinski definition) is 0. The second kappa shape index (κ2) is 18.3. The minimum Gasteiger partial charge on any atom is -0.0622 e. The highest BCUT2D eigenvalue weighted by molar-refractivity contribution is 5.87. The predicted molar refractivity (Wildman–Crippen MR) is 289 cm³/mol. The maximum absolute atomic E-state index is 2.51. The van der Waals surface area contributed by atoms with E-state index in [0.717, 1.165) is 12.8 Å². The monoisotopic (exact) mass is 874 g/mol. The zero-order valence-electron chi connectivity index (χ0n) is 39.7. The van der Waals surface area contributed by atoms with Crippen molar-refractivity contribution in [2.75, 3.05) is 0 Å². The molecule has 0 fully saturated rings. The van der Waals surface area contributed by atoms with Gasteiger partial charge >= 0.3 is 0 Å². The Bertz CT molecular complexity index is 3350. The van der Waals surface area contributed by atoms with Crippen LogP contribution in [-0.4, -0.2) is 0 Å². The molecular formula is C68H58. The molecule has 0 spiro atoms. The third kappa shape index (κ3) is 8.30. The average Bonchev–Trinajstić information content (AvgIpc) is 3.61. The van der Waals surface area contributed by atoms with Gasteiger partial charge in [0.1, 0.15) is 0 Å². The summed E-state index contributed by atoms with van der Waals surface area (Å²) in [6, 6.07) is 88.5. The molecule has 0 radical (unpaired) electrons. The van der Waals surface area contributed by atoms with Crippen LogP contribution in [0.25, 0.3) is 55.3 Å². The first-order chi connectivity index (χ1) is 33.3. The van der Waals surface area contributed by atoms with Crippen molar-refractivity contribution in [2.45, 2.75) is 63.7 Å². The van der Waals surface area contributed by atoms with Crippen LogP contribution < -0.4 is 0 Å². The number of hydrogen-bond donors (Lipinski definition) is 0. The van der Waals surface area contributed by atoms with Gasteiger partial charge in [-0.15, -0.1) is 0 Å². The van der Waals surface area contributed by atoms with E-state index in [1.54, 1.807) is 0 Å². The van der Waals surface area contributed by atoms with Gasteiger partial charge in [0.15, 0.2) is 0 Å². The molecule has 0 heteroatoms. The van der Waals surface area contributed by atoms with Crippen LogP contribution in [0, 0.1) is 6.92 Å². The maximum atomic E-state index is 2.51. The molecule has 0 aliphatic heterocycles. The van der Waals surface area contributed by atoms with Gasteiger partial charge in [0, 0.05) is 17.3 Å². The summed E-state index contributed by atoms with van der Waals surface area (Å²) in [4.78, 5) is 0. The molecule has 3 unspecified atom stereocenters. The van der Waals surface area contributed by atoms with Gasteiger partial charge in [-0.2, -0.15) is 0 Å². The second-order valence-corrected chi connectivity index (χ2v) is 19.7. The highest BCUT2D eigenvalue weighted by Crippen LogP contribution is 2.50. The summed E-state index contributed by atoms with van der Waals surface area (Å²) >= 11 is 0. The molecule has 0 saturated heterocycles. The first-order valence-corrected chi connectivity index (χ1v) is 24.5. The van der Waals surface area contributed by atoms with Gasteiger partial charge in [0.25, 0.3) is 0 Å². The molecule has 0 nitrogen and oxygen atoms in total. The number of fused-ring (bicyclic) bond motifs is 4. The molecule has 11 rings (SSSR count). The summed E-state index contributed by atoms with van der Waals surface area (Å²) in [7, 11) is 0. The first kappa shape index (κ1) is 43.1. The Kier molecular flexibility index (Phi) is 11.6. The van der Waals surface area contributed by atoms with Gasteiger partial charge in [-0.25, -0.2) is 0 Å². The molecule has 0 amide bonds. The Hall–Kier alpha value is -7.54. The minimum atomic E-state index is -0.113. The molecule has 0 bridgehead atoms. The molecule has 330 valence electrons. The fraction of sp³-hybridized carbons (Fsp3) is 0.147. The van der Waals surface area contributed by atoms with Crippen LogP contribution in [0.1, 0.15) is 95.0 Å². The fourth-order valence-corrected chi connectivity index (χ4v) is 11.3. The Balaban J connectivity index is 0.822. The fourth-order valence-electron chi connectivity index (χ4n) is 11.3. The van der Waals surface area contributed by atoms with E-state index in [4.69, 9.17) is 0 Å². The third-order valence-corrected chi connectivity index (χ3v) is 15.1. The Morgan fingerprint density at radius 1 is 0.397 bits per heavy atom. The van der Waals surface area contributed by atoms with Crippen LogP contribution in [0.2, 0.25) is 0 Å². The van der Waals surface area contributed by atoms with Crippen LogP contribution in [0.15, 0.2) is 237 Å². The predicted octanol–water partition coefficient (Wildman–Crippen LogP) is 18.2. The topological polar surface area (TPSA) is 0 Å². The van der Waals surface area contributed by atoms with E-state index < -0.39 is 0 Å². The molecule has 1 aliphatic rings. The summed E-state index contributed by atoms with van der Waals surface area (Å²) in [5, 5.41) is 2.62. The summed E-state index contributed by atoms with van der Waals surface area (Å²) in [6.45, 7) is 9.44. The van der Waals surface area contributed by atoms with E-state index in [1.807, 2.05) is 0 Å². The molecule has 0 saturated carbocycles. The van der Waals surface area contributed by atoms with Gasteiger partial charge in [-0.1, -0.05) is 257 Å². The van der Waals surface area contributed by atoms with Crippen molar-refractivity contribution in [3.8, 4) is 44.5 Å². The summed E-state index contributed by atoms with van der Waals surface area (Å²) in [6.07, 6.45) is 2.04. The molecule has 0 heterocycles. The molecule has 1 aliphatic carbocycles. The smallest absolute Gasteiger partial charge is 0.0162 e. The van der Waals surface area contributed by atoms with E-state index >= 15 is 0 Å². The SMILES string of the molecule is Cc1cccc(C(c2cccc3ccccc23)C(C)c2ccc(-c3ccc4c(c3)C(C)(C)c3cc(CCC(c5ccccc5)c5ccc(-c6ccc(-c7ccccc7)cc6)cc5)ccc3-4)cc2)c1. The second-order valence-electron chi connectivity index (χ2n) is 19.7. The van der Waals surface area contributed by atoms with Gasteiger partial charge in [-0.3, -0.25) is 0 Å². The largest absolute Gasteiger partial charge is 0.0622 e. The van der Waals surface area contributed by atoms with Crippen LogP contribution in [0.4, 0.5) is 0 Å². The molecule has 10 aromatic rings. The molecule has 0 aromatic heterocycles. The van der Waals surface area contributed by atoms with E-state index in [9.17, 15) is 0 Å². The van der Waals surface area contributed by atoms with Crippen molar-refractivity contribution >= 4 is 10.8 Å². The minimum absolute atomic E-state index is 0.113. The van der Waals surface area contributed by atoms with E-state index in [2.05, 4.69) is 264 Å². The van der Waals surface area contributed by atoms with Crippen LogP contribution >= 0.6 is 0 Å². The Morgan fingerprint density at radius 3 is 1.59 bits per heavy atom. The zero-order chi connectivity index (χ0) is 46.2. The number of benzene rings is 10. The van der Waals surface area contributed by atoms with Crippen LogP contribution in [-0.2, 0) is 11.8 Å². The number of aryl methyl sites for hydroxylation is 2. The van der Waals surface area contributed by atoms with Gasteiger partial charge < -0.3 is 0 Å². The normalized spacial score (nSPS) is 13.9. The van der Waals surface area contributed by atoms with Crippen LogP contribution in [0.5, 0.6) is 0 Å². The standard InChI is InChI=1S/C68H58/c1-46-15-13-22-59(43-46)67(64-24-14-21-56-20-11-12-23-61(56)64)47(2)49-27-29-54(30-28-49)58-39-42-63-62-41-26-48(44-65(62)68(3,4)66(63)45-58)25-40-60(55-18-9-6-10-19-55)57-37-35-53(36-38-57)52-33-31-51(32-34-52)50-16-7-5-8-17-50/h5-24,26-39,41-45,47,60,67H,25,40H2,1-4H3. The third-order valence-electron chi connectivity index (χ3n) is 15.1. The van der Waals surface area contributed by atoms with Crippen molar-refractivity contribution in [2.24, 2.45) is 0 Å². The van der Waals surface area contributed by atoms with E-state index in [0.29, 0.717) is 5.92 Å². The molecular weight excluding hydrogens is 817 g/mol. The lowest BCUT2D eigenvalue weighted by molar-refractivity contribution is 0.657. The van der Waals surface area contributed by atoms with Crippen LogP contribution in [0.3, 0.4) is 0 Å². The highest BCUT2D eigenvalue weighted by Gasteiger charge is 2.36. The maximum Gasteiger partial charge on any atom is 0.0162 e. The molecule has 3 atom stereocenters. The first-order valence-electron chi connectivity index (χ1n) is 24.5. The van der Waals surface area contributed by atoms with E-state index in [-0.39, 0.29) is 17.3 Å². The summed E-state index contributed by atoms with van der Waals surface area (Å²) in [5.41, 5.74) is 22.5. The van der Waals surface area contributed by atoms with Gasteiger partial charge in [0.2, 0.25) is 0 Å². The van der Waals surface area contributed by atoms with Crippen molar-refractivity contribution in [3.05, 3.63) is 287 Å². The number of rotatable bonds is 12. The molecule has 0 N–H and O–H groups in total. The lowest BCUT2D eigenvalue weighted by Gasteiger charge is -2.27. The van der Waals surface area contributed by atoms with Crippen molar-refractivity contribution in [1.29, 1.82) is 0 Å². The average molecular weight is 875 g/mol. The Labute approximate surface area is 403 Å². The summed E-state index contributed by atoms with van der Waals surface area (Å²) < 4.78 is 0. The van der Waals surface area contributed by atoms with Crippen molar-refractivity contribution < 1.29 is 0 Å². The Morgan fingerprint density at radius 2 is 0.897 bits per heavy atom. The van der Waals surface area contributed by atoms with E-state index in [1.165, 1.54) is 105 Å². The lowest BCUT2D eigenvalue weighted by Crippen LogP contribution is -2.15. The zero-order valence-corrected chi connectivity index (χ0v) is 39.7. The van der Waals surface area contributed by atoms with Crippen molar-refractivity contribution in [1.82, 2.24) is 0 Å². The van der Waals surface area contributed by atoms with Gasteiger partial charge in [0.05, 0.1) is 0 Å². The van der Waals surface area contributed by atoms with Crippen molar-refractivity contribution in [3.63, 3.8) is 0 Å². The lowest BCUT2D eigenvalue weighted by atomic mass is 9.76. The molecule has 10 aromatic carbocycles. The summed E-state index contributed by atoms with van der Waals surface area (Å²) in [5.74, 6) is 0.798. The quantitative estimate of drug-likeness (QED) is 0.115. The molecule has 68 heavy (non-hydrogen) atoms.